The lowest BCUT2D eigenvalue weighted by molar-refractivity contribution is 0.104. The molecule has 1 heterocycles. The van der Waals surface area contributed by atoms with Gasteiger partial charge in [-0.2, -0.15) is 0 Å². The zero-order valence-corrected chi connectivity index (χ0v) is 22.4. The van der Waals surface area contributed by atoms with E-state index < -0.39 is 0 Å². The minimum atomic E-state index is -0.377. The predicted molar refractivity (Wildman–Crippen MR) is 159 cm³/mol. The van der Waals surface area contributed by atoms with E-state index in [9.17, 15) is 9.18 Å². The number of carbonyl (C=O) groups is 1. The third-order valence-corrected chi connectivity index (χ3v) is 7.81. The van der Waals surface area contributed by atoms with E-state index in [1.807, 2.05) is 103 Å². The maximum absolute atomic E-state index is 13.8. The molecule has 5 aromatic carbocycles. The molecule has 0 aliphatic rings. The molecule has 0 radical (unpaired) electrons. The van der Waals surface area contributed by atoms with Crippen LogP contribution < -0.4 is 9.47 Å². The molecule has 0 bridgehead atoms. The molecule has 196 valence electrons. The average Bonchev–Trinajstić information content (AvgIpc) is 3.39. The first-order valence-electron chi connectivity index (χ1n) is 12.9. The molecular weight excluding hydrogens is 519 g/mol. The van der Waals surface area contributed by atoms with Crippen LogP contribution in [0.5, 0.6) is 11.5 Å². The molecule has 1 aromatic heterocycles. The standard InChI is InChI=1S/C35H25FO3S/c36-28-15-11-26(12-16-28)34(37)33-31-20-19-30(39-23-25-9-5-2-6-10-25)21-32(31)40-35(33)27-13-17-29(18-14-27)38-22-24-7-3-1-4-8-24/h1-21H,22-23H2. The normalized spacial score (nSPS) is 10.9. The molecule has 0 atom stereocenters. The minimum Gasteiger partial charge on any atom is -0.489 e. The summed E-state index contributed by atoms with van der Waals surface area (Å²) in [7, 11) is 0. The van der Waals surface area contributed by atoms with Crippen molar-refractivity contribution in [2.24, 2.45) is 0 Å². The van der Waals surface area contributed by atoms with E-state index in [0.717, 1.165) is 43.2 Å². The molecule has 6 rings (SSSR count). The van der Waals surface area contributed by atoms with E-state index in [4.69, 9.17) is 9.47 Å². The number of hydrogen-bond donors (Lipinski definition) is 0. The van der Waals surface area contributed by atoms with Gasteiger partial charge in [0.1, 0.15) is 30.5 Å². The number of halogens is 1. The van der Waals surface area contributed by atoms with Gasteiger partial charge in [0.25, 0.3) is 0 Å². The Morgan fingerprint density at radius 1 is 0.650 bits per heavy atom. The van der Waals surface area contributed by atoms with Gasteiger partial charge in [-0.05, 0) is 83.4 Å². The molecule has 40 heavy (non-hydrogen) atoms. The van der Waals surface area contributed by atoms with Crippen LogP contribution in [0.25, 0.3) is 20.5 Å². The maximum Gasteiger partial charge on any atom is 0.195 e. The minimum absolute atomic E-state index is 0.149. The number of ketones is 1. The molecule has 0 aliphatic carbocycles. The van der Waals surface area contributed by atoms with Crippen LogP contribution in [0.3, 0.4) is 0 Å². The predicted octanol–water partition coefficient (Wildman–Crippen LogP) is 9.10. The van der Waals surface area contributed by atoms with Gasteiger partial charge in [-0.25, -0.2) is 4.39 Å². The monoisotopic (exact) mass is 544 g/mol. The number of fused-ring (bicyclic) bond motifs is 1. The Hall–Kier alpha value is -4.74. The third-order valence-electron chi connectivity index (χ3n) is 6.61. The van der Waals surface area contributed by atoms with Crippen molar-refractivity contribution in [1.29, 1.82) is 0 Å². The van der Waals surface area contributed by atoms with Gasteiger partial charge < -0.3 is 9.47 Å². The summed E-state index contributed by atoms with van der Waals surface area (Å²) in [5.41, 5.74) is 4.11. The van der Waals surface area contributed by atoms with Crippen LogP contribution in [0.4, 0.5) is 4.39 Å². The van der Waals surface area contributed by atoms with Crippen molar-refractivity contribution in [3.8, 4) is 21.9 Å². The summed E-state index contributed by atoms with van der Waals surface area (Å²) in [5, 5.41) is 0.839. The molecule has 0 spiro atoms. The third kappa shape index (κ3) is 5.65. The van der Waals surface area contributed by atoms with Crippen molar-refractivity contribution in [2.75, 3.05) is 0 Å². The first-order valence-corrected chi connectivity index (χ1v) is 13.8. The fourth-order valence-electron chi connectivity index (χ4n) is 4.53. The largest absolute Gasteiger partial charge is 0.489 e. The second-order valence-electron chi connectivity index (χ2n) is 9.37. The lowest BCUT2D eigenvalue weighted by Gasteiger charge is -2.09. The van der Waals surface area contributed by atoms with E-state index in [0.29, 0.717) is 24.3 Å². The van der Waals surface area contributed by atoms with Crippen molar-refractivity contribution in [3.05, 3.63) is 155 Å². The quantitative estimate of drug-likeness (QED) is 0.170. The lowest BCUT2D eigenvalue weighted by Crippen LogP contribution is -2.02. The van der Waals surface area contributed by atoms with E-state index in [2.05, 4.69) is 0 Å². The van der Waals surface area contributed by atoms with Crippen LogP contribution in [-0.2, 0) is 13.2 Å². The number of hydrogen-bond acceptors (Lipinski definition) is 4. The molecule has 0 saturated carbocycles. The first kappa shape index (κ1) is 25.5. The summed E-state index contributed by atoms with van der Waals surface area (Å²) >= 11 is 1.54. The summed E-state index contributed by atoms with van der Waals surface area (Å²) in [6.07, 6.45) is 0. The van der Waals surface area contributed by atoms with Crippen molar-refractivity contribution in [3.63, 3.8) is 0 Å². The number of benzene rings is 5. The van der Waals surface area contributed by atoms with E-state index >= 15 is 0 Å². The number of rotatable bonds is 9. The molecular formula is C35H25FO3S. The van der Waals surface area contributed by atoms with Gasteiger partial charge in [0, 0.05) is 26.1 Å². The molecule has 0 unspecified atom stereocenters. The van der Waals surface area contributed by atoms with Crippen molar-refractivity contribution in [1.82, 2.24) is 0 Å². The van der Waals surface area contributed by atoms with Crippen molar-refractivity contribution in [2.45, 2.75) is 13.2 Å². The molecule has 0 aliphatic heterocycles. The maximum atomic E-state index is 13.8. The van der Waals surface area contributed by atoms with Crippen LogP contribution in [0.2, 0.25) is 0 Å². The van der Waals surface area contributed by atoms with E-state index in [1.165, 1.54) is 35.6 Å². The number of thiophene rings is 1. The van der Waals surface area contributed by atoms with E-state index in [1.54, 1.807) is 0 Å². The molecule has 3 nitrogen and oxygen atoms in total. The second kappa shape index (κ2) is 11.6. The Morgan fingerprint density at radius 2 is 1.23 bits per heavy atom. The summed E-state index contributed by atoms with van der Waals surface area (Å²) in [6.45, 7) is 0.930. The average molecular weight is 545 g/mol. The molecule has 0 saturated heterocycles. The topological polar surface area (TPSA) is 35.5 Å². The van der Waals surface area contributed by atoms with Crippen LogP contribution in [0.15, 0.2) is 127 Å². The summed E-state index contributed by atoms with van der Waals surface area (Å²) in [4.78, 5) is 14.6. The van der Waals surface area contributed by atoms with Gasteiger partial charge in [0.15, 0.2) is 5.78 Å². The van der Waals surface area contributed by atoms with Crippen LogP contribution >= 0.6 is 11.3 Å². The van der Waals surface area contributed by atoms with Gasteiger partial charge in [-0.15, -0.1) is 11.3 Å². The molecule has 0 N–H and O–H groups in total. The highest BCUT2D eigenvalue weighted by Gasteiger charge is 2.22. The Morgan fingerprint density at radius 3 is 1.85 bits per heavy atom. The number of carbonyl (C=O) groups excluding carboxylic acids is 1. The zero-order chi connectivity index (χ0) is 27.3. The lowest BCUT2D eigenvalue weighted by atomic mass is 9.97. The first-order chi connectivity index (χ1) is 19.6. The van der Waals surface area contributed by atoms with Gasteiger partial charge in [-0.3, -0.25) is 4.79 Å². The van der Waals surface area contributed by atoms with Crippen molar-refractivity contribution >= 4 is 27.2 Å². The smallest absolute Gasteiger partial charge is 0.195 e. The highest BCUT2D eigenvalue weighted by atomic mass is 32.1. The Balaban J connectivity index is 1.33. The SMILES string of the molecule is O=C(c1ccc(F)cc1)c1c(-c2ccc(OCc3ccccc3)cc2)sc2cc(OCc3ccccc3)ccc12. The van der Waals surface area contributed by atoms with Crippen molar-refractivity contribution < 1.29 is 18.7 Å². The van der Waals surface area contributed by atoms with Crippen LogP contribution in [0, 0.1) is 5.82 Å². The Labute approximate surface area is 236 Å². The zero-order valence-electron chi connectivity index (χ0n) is 21.5. The van der Waals surface area contributed by atoms with Gasteiger partial charge in [-0.1, -0.05) is 60.7 Å². The Kier molecular flexibility index (Phi) is 7.38. The highest BCUT2D eigenvalue weighted by Crippen LogP contribution is 2.41. The Bertz CT molecular complexity index is 1740. The fourth-order valence-corrected chi connectivity index (χ4v) is 5.76. The van der Waals surface area contributed by atoms with Crippen LogP contribution in [-0.4, -0.2) is 5.78 Å². The van der Waals surface area contributed by atoms with Gasteiger partial charge in [0.2, 0.25) is 0 Å². The summed E-state index contributed by atoms with van der Waals surface area (Å²) < 4.78 is 26.6. The van der Waals surface area contributed by atoms with Gasteiger partial charge >= 0.3 is 0 Å². The fraction of sp³-hybridized carbons (Fsp3) is 0.0571. The summed E-state index contributed by atoms with van der Waals surface area (Å²) in [5.74, 6) is 0.952. The van der Waals surface area contributed by atoms with E-state index in [-0.39, 0.29) is 11.6 Å². The highest BCUT2D eigenvalue weighted by molar-refractivity contribution is 7.22. The molecule has 5 heteroatoms. The molecule has 6 aromatic rings. The summed E-state index contributed by atoms with van der Waals surface area (Å²) in [6, 6.07) is 39.3. The molecule has 0 amide bonds. The molecule has 0 fully saturated rings. The van der Waals surface area contributed by atoms with Gasteiger partial charge in [0.05, 0.1) is 0 Å². The second-order valence-corrected chi connectivity index (χ2v) is 10.4. The van der Waals surface area contributed by atoms with Crippen LogP contribution in [0.1, 0.15) is 27.0 Å². The number of ether oxygens (including phenoxy) is 2.